The smallest absolute Gasteiger partial charge is 0.325 e. The number of fused-ring (bicyclic) bond motifs is 1. The van der Waals surface area contributed by atoms with Crippen molar-refractivity contribution in [3.63, 3.8) is 0 Å². The molecule has 2 N–H and O–H groups in total. The third kappa shape index (κ3) is 3.01. The van der Waals surface area contributed by atoms with E-state index in [-0.39, 0.29) is 18.4 Å². The Bertz CT molecular complexity index is 1030. The molecule has 2 fully saturated rings. The van der Waals surface area contributed by atoms with Gasteiger partial charge in [-0.3, -0.25) is 14.5 Å². The van der Waals surface area contributed by atoms with E-state index in [4.69, 9.17) is 0 Å². The van der Waals surface area contributed by atoms with E-state index in [1.807, 2.05) is 36.4 Å². The van der Waals surface area contributed by atoms with Crippen molar-refractivity contribution < 1.29 is 14.4 Å². The number of para-hydroxylation sites is 3. The second-order valence-electron chi connectivity index (χ2n) is 8.21. The van der Waals surface area contributed by atoms with E-state index >= 15 is 0 Å². The van der Waals surface area contributed by atoms with Gasteiger partial charge in [0, 0.05) is 12.2 Å². The number of hydrogen-bond acceptors (Lipinski definition) is 4. The van der Waals surface area contributed by atoms with Crippen LogP contribution < -0.4 is 15.5 Å². The van der Waals surface area contributed by atoms with Crippen LogP contribution in [0.3, 0.4) is 0 Å². The fourth-order valence-corrected chi connectivity index (χ4v) is 4.87. The van der Waals surface area contributed by atoms with Crippen molar-refractivity contribution in [2.24, 2.45) is 0 Å². The highest BCUT2D eigenvalue weighted by molar-refractivity contribution is 6.10. The van der Waals surface area contributed by atoms with Crippen molar-refractivity contribution in [2.45, 2.75) is 37.6 Å². The maximum Gasteiger partial charge on any atom is 0.325 e. The van der Waals surface area contributed by atoms with Crippen LogP contribution in [-0.2, 0) is 16.0 Å². The van der Waals surface area contributed by atoms with E-state index in [0.29, 0.717) is 18.5 Å². The Labute approximate surface area is 175 Å². The van der Waals surface area contributed by atoms with Crippen molar-refractivity contribution in [2.75, 3.05) is 23.3 Å². The molecular weight excluding hydrogens is 380 g/mol. The van der Waals surface area contributed by atoms with Crippen molar-refractivity contribution in [1.29, 1.82) is 0 Å². The number of hydrogen-bond donors (Lipinski definition) is 2. The van der Waals surface area contributed by atoms with E-state index in [1.165, 1.54) is 5.56 Å². The maximum absolute atomic E-state index is 12.8. The first kappa shape index (κ1) is 18.7. The summed E-state index contributed by atoms with van der Waals surface area (Å²) in [5.41, 5.74) is 3.19. The number of imide groups is 1. The molecule has 7 nitrogen and oxygen atoms in total. The zero-order valence-electron chi connectivity index (χ0n) is 16.7. The van der Waals surface area contributed by atoms with Gasteiger partial charge in [0.05, 0.1) is 11.4 Å². The van der Waals surface area contributed by atoms with Gasteiger partial charge in [-0.1, -0.05) is 43.2 Å². The summed E-state index contributed by atoms with van der Waals surface area (Å²) in [5.74, 6) is -0.657. The standard InChI is InChI=1S/C23H24N4O3/c28-20(15-27-21(29)23(25-22(27)30)12-5-6-13-23)24-17-8-2-4-10-19(17)26-14-11-16-7-1-3-9-18(16)26/h1-4,7-10H,5-6,11-15H2,(H,24,28)(H,25,30). The van der Waals surface area contributed by atoms with Crippen LogP contribution in [0.4, 0.5) is 21.9 Å². The van der Waals surface area contributed by atoms with Crippen LogP contribution >= 0.6 is 0 Å². The lowest BCUT2D eigenvalue weighted by atomic mass is 9.98. The Balaban J connectivity index is 1.33. The number of nitrogens with one attached hydrogen (secondary N) is 2. The number of benzene rings is 2. The molecule has 2 aromatic carbocycles. The minimum absolute atomic E-state index is 0.276. The first-order valence-electron chi connectivity index (χ1n) is 10.5. The number of urea groups is 1. The Kier molecular flexibility index (Phi) is 4.46. The maximum atomic E-state index is 12.8. The molecule has 0 atom stereocenters. The van der Waals surface area contributed by atoms with Gasteiger partial charge in [0.15, 0.2) is 0 Å². The number of amides is 4. The predicted octanol–water partition coefficient (Wildman–Crippen LogP) is 3.18. The molecule has 0 radical (unpaired) electrons. The van der Waals surface area contributed by atoms with Gasteiger partial charge < -0.3 is 15.5 Å². The van der Waals surface area contributed by atoms with Gasteiger partial charge in [0.1, 0.15) is 12.1 Å². The van der Waals surface area contributed by atoms with Crippen molar-refractivity contribution in [3.05, 3.63) is 54.1 Å². The quantitative estimate of drug-likeness (QED) is 0.767. The highest BCUT2D eigenvalue weighted by Gasteiger charge is 2.52. The minimum Gasteiger partial charge on any atom is -0.339 e. The van der Waals surface area contributed by atoms with Gasteiger partial charge in [-0.15, -0.1) is 0 Å². The third-order valence-electron chi connectivity index (χ3n) is 6.36. The second-order valence-corrected chi connectivity index (χ2v) is 8.21. The summed E-state index contributed by atoms with van der Waals surface area (Å²) in [6.45, 7) is 0.555. The minimum atomic E-state index is -0.797. The summed E-state index contributed by atoms with van der Waals surface area (Å²) >= 11 is 0. The summed E-state index contributed by atoms with van der Waals surface area (Å²) in [6.07, 6.45) is 4.07. The number of rotatable bonds is 4. The molecule has 5 rings (SSSR count). The Morgan fingerprint density at radius 2 is 1.70 bits per heavy atom. The van der Waals surface area contributed by atoms with Crippen molar-refractivity contribution >= 4 is 34.9 Å². The number of anilines is 3. The summed E-state index contributed by atoms with van der Waals surface area (Å²) < 4.78 is 0. The lowest BCUT2D eigenvalue weighted by Crippen LogP contribution is -2.44. The molecule has 3 aliphatic rings. The Morgan fingerprint density at radius 3 is 2.50 bits per heavy atom. The summed E-state index contributed by atoms with van der Waals surface area (Å²) in [5, 5.41) is 5.73. The number of carbonyl (C=O) groups is 3. The van der Waals surface area contributed by atoms with Crippen molar-refractivity contribution in [3.8, 4) is 0 Å². The predicted molar refractivity (Wildman–Crippen MR) is 114 cm³/mol. The molecular formula is C23H24N4O3. The lowest BCUT2D eigenvalue weighted by molar-refractivity contribution is -0.133. The molecule has 30 heavy (non-hydrogen) atoms. The van der Waals surface area contributed by atoms with Crippen LogP contribution in [0.15, 0.2) is 48.5 Å². The molecule has 2 aliphatic heterocycles. The second kappa shape index (κ2) is 7.16. The highest BCUT2D eigenvalue weighted by Crippen LogP contribution is 2.38. The van der Waals surface area contributed by atoms with Gasteiger partial charge in [-0.25, -0.2) is 4.79 Å². The summed E-state index contributed by atoms with van der Waals surface area (Å²) in [4.78, 5) is 41.2. The topological polar surface area (TPSA) is 81.8 Å². The summed E-state index contributed by atoms with van der Waals surface area (Å²) in [7, 11) is 0. The third-order valence-corrected chi connectivity index (χ3v) is 6.36. The first-order valence-corrected chi connectivity index (χ1v) is 10.5. The molecule has 2 heterocycles. The molecule has 4 amide bonds. The van der Waals surface area contributed by atoms with Gasteiger partial charge in [0.25, 0.3) is 5.91 Å². The van der Waals surface area contributed by atoms with E-state index in [9.17, 15) is 14.4 Å². The molecule has 0 bridgehead atoms. The van der Waals surface area contributed by atoms with Crippen LogP contribution in [0.5, 0.6) is 0 Å². The molecule has 1 saturated carbocycles. The van der Waals surface area contributed by atoms with Gasteiger partial charge >= 0.3 is 6.03 Å². The normalized spacial score (nSPS) is 19.3. The molecule has 0 aromatic heterocycles. The van der Waals surface area contributed by atoms with Gasteiger partial charge in [-0.2, -0.15) is 0 Å². The van der Waals surface area contributed by atoms with E-state index < -0.39 is 11.6 Å². The SMILES string of the molecule is O=C(CN1C(=O)NC2(CCCC2)C1=O)Nc1ccccc1N1CCc2ccccc21. The molecule has 2 aromatic rings. The van der Waals surface area contributed by atoms with Crippen LogP contribution in [0, 0.1) is 0 Å². The molecule has 0 unspecified atom stereocenters. The first-order chi connectivity index (χ1) is 14.6. The fraction of sp³-hybridized carbons (Fsp3) is 0.348. The number of nitrogens with zero attached hydrogens (tertiary/aromatic N) is 2. The average molecular weight is 404 g/mol. The average Bonchev–Trinajstić information content (AvgIpc) is 3.44. The highest BCUT2D eigenvalue weighted by atomic mass is 16.2. The molecule has 1 aliphatic carbocycles. The van der Waals surface area contributed by atoms with Crippen molar-refractivity contribution in [1.82, 2.24) is 10.2 Å². The van der Waals surface area contributed by atoms with Crippen LogP contribution in [0.2, 0.25) is 0 Å². The van der Waals surface area contributed by atoms with E-state index in [2.05, 4.69) is 27.7 Å². The zero-order valence-corrected chi connectivity index (χ0v) is 16.7. The van der Waals surface area contributed by atoms with Crippen LogP contribution in [0.1, 0.15) is 31.2 Å². The monoisotopic (exact) mass is 404 g/mol. The van der Waals surface area contributed by atoms with E-state index in [0.717, 1.165) is 42.1 Å². The fourth-order valence-electron chi connectivity index (χ4n) is 4.87. The molecule has 1 saturated heterocycles. The van der Waals surface area contributed by atoms with Gasteiger partial charge in [-0.05, 0) is 43.0 Å². The lowest BCUT2D eigenvalue weighted by Gasteiger charge is -2.23. The molecule has 1 spiro atoms. The van der Waals surface area contributed by atoms with E-state index in [1.54, 1.807) is 0 Å². The van der Waals surface area contributed by atoms with Gasteiger partial charge in [0.2, 0.25) is 5.91 Å². The molecule has 7 heteroatoms. The summed E-state index contributed by atoms with van der Waals surface area (Å²) in [6, 6.07) is 15.4. The Morgan fingerprint density at radius 1 is 1.00 bits per heavy atom. The zero-order chi connectivity index (χ0) is 20.7. The largest absolute Gasteiger partial charge is 0.339 e. The van der Waals surface area contributed by atoms with Crippen LogP contribution in [0.25, 0.3) is 0 Å². The number of carbonyl (C=O) groups excluding carboxylic acids is 3. The molecule has 154 valence electrons. The van der Waals surface area contributed by atoms with Crippen LogP contribution in [-0.4, -0.2) is 41.4 Å². The Hall–Kier alpha value is -3.35.